The van der Waals surface area contributed by atoms with Crippen molar-refractivity contribution >= 4 is 23.0 Å². The molecule has 0 fully saturated rings. The first-order chi connectivity index (χ1) is 11.1. The molecule has 5 heteroatoms. The zero-order chi connectivity index (χ0) is 16.2. The van der Waals surface area contributed by atoms with Crippen LogP contribution < -0.4 is 5.43 Å². The van der Waals surface area contributed by atoms with E-state index in [-0.39, 0.29) is 18.2 Å². The maximum Gasteiger partial charge on any atom is 0.259 e. The highest BCUT2D eigenvalue weighted by Gasteiger charge is 2.08. The Morgan fingerprint density at radius 3 is 2.74 bits per heavy atom. The zero-order valence-electron chi connectivity index (χ0n) is 12.7. The lowest BCUT2D eigenvalue weighted by Gasteiger charge is -2.06. The Morgan fingerprint density at radius 2 is 1.96 bits per heavy atom. The van der Waals surface area contributed by atoms with Crippen LogP contribution in [0.1, 0.15) is 11.3 Å². The number of hydrogen-bond donors (Lipinski definition) is 2. The molecule has 5 nitrogen and oxygen atoms in total. The molecule has 1 aromatic heterocycles. The van der Waals surface area contributed by atoms with Crippen LogP contribution in [-0.4, -0.2) is 21.8 Å². The molecule has 1 amide bonds. The van der Waals surface area contributed by atoms with E-state index in [0.717, 1.165) is 22.2 Å². The molecule has 3 rings (SSSR count). The van der Waals surface area contributed by atoms with Gasteiger partial charge in [0.25, 0.3) is 5.91 Å². The number of phenols is 1. The second-order valence-electron chi connectivity index (χ2n) is 5.32. The van der Waals surface area contributed by atoms with Crippen LogP contribution in [0.5, 0.6) is 5.75 Å². The summed E-state index contributed by atoms with van der Waals surface area (Å²) in [5.41, 5.74) is 5.38. The second-order valence-corrected chi connectivity index (χ2v) is 5.32. The standard InChI is InChI=1S/C18H17N3O2/c1-13-10-15-4-2-3-5-17(15)21(13)12-18(23)20-19-11-14-6-8-16(22)9-7-14/h2-11,22H,12H2,1H3,(H,20,23)/b19-11+. The molecule has 23 heavy (non-hydrogen) atoms. The first kappa shape index (κ1) is 14.8. The number of amides is 1. The van der Waals surface area contributed by atoms with Crippen LogP contribution in [0.2, 0.25) is 0 Å². The number of carbonyl (C=O) groups is 1. The first-order valence-electron chi connectivity index (χ1n) is 7.29. The molecule has 3 aromatic rings. The summed E-state index contributed by atoms with van der Waals surface area (Å²) in [6.45, 7) is 2.19. The molecular weight excluding hydrogens is 290 g/mol. The monoisotopic (exact) mass is 307 g/mol. The number of aromatic nitrogens is 1. The Kier molecular flexibility index (Phi) is 4.10. The molecule has 0 saturated heterocycles. The van der Waals surface area contributed by atoms with Gasteiger partial charge in [-0.25, -0.2) is 5.43 Å². The number of aromatic hydroxyl groups is 1. The predicted octanol–water partition coefficient (Wildman–Crippen LogP) is 2.81. The van der Waals surface area contributed by atoms with Gasteiger partial charge in [-0.05, 0) is 54.3 Å². The van der Waals surface area contributed by atoms with Gasteiger partial charge < -0.3 is 9.67 Å². The smallest absolute Gasteiger partial charge is 0.259 e. The molecule has 0 unspecified atom stereocenters. The molecule has 0 radical (unpaired) electrons. The fourth-order valence-corrected chi connectivity index (χ4v) is 2.48. The van der Waals surface area contributed by atoms with Gasteiger partial charge in [-0.1, -0.05) is 18.2 Å². The van der Waals surface area contributed by atoms with Crippen molar-refractivity contribution in [1.29, 1.82) is 0 Å². The van der Waals surface area contributed by atoms with Gasteiger partial charge in [-0.2, -0.15) is 5.10 Å². The van der Waals surface area contributed by atoms with E-state index in [1.807, 2.05) is 35.8 Å². The Morgan fingerprint density at radius 1 is 1.22 bits per heavy atom. The highest BCUT2D eigenvalue weighted by atomic mass is 16.3. The zero-order valence-corrected chi connectivity index (χ0v) is 12.7. The van der Waals surface area contributed by atoms with Crippen LogP contribution >= 0.6 is 0 Å². The fraction of sp³-hybridized carbons (Fsp3) is 0.111. The van der Waals surface area contributed by atoms with Gasteiger partial charge in [0.05, 0.1) is 6.21 Å². The van der Waals surface area contributed by atoms with Crippen LogP contribution in [0.4, 0.5) is 0 Å². The number of fused-ring (bicyclic) bond motifs is 1. The maximum absolute atomic E-state index is 12.1. The van der Waals surface area contributed by atoms with Gasteiger partial charge in [0.15, 0.2) is 0 Å². The number of phenolic OH excluding ortho intramolecular Hbond substituents is 1. The Hall–Kier alpha value is -3.08. The average molecular weight is 307 g/mol. The number of nitrogens with zero attached hydrogens (tertiary/aromatic N) is 2. The lowest BCUT2D eigenvalue weighted by molar-refractivity contribution is -0.121. The molecule has 0 aliphatic carbocycles. The molecule has 0 spiro atoms. The van der Waals surface area contributed by atoms with Crippen LogP contribution in [0.3, 0.4) is 0 Å². The average Bonchev–Trinajstić information content (AvgIpc) is 2.85. The number of rotatable bonds is 4. The van der Waals surface area contributed by atoms with E-state index in [4.69, 9.17) is 0 Å². The molecule has 0 bridgehead atoms. The normalized spacial score (nSPS) is 11.2. The first-order valence-corrected chi connectivity index (χ1v) is 7.29. The number of nitrogens with one attached hydrogen (secondary N) is 1. The van der Waals surface area contributed by atoms with Crippen molar-refractivity contribution in [1.82, 2.24) is 9.99 Å². The van der Waals surface area contributed by atoms with Gasteiger partial charge >= 0.3 is 0 Å². The second kappa shape index (κ2) is 6.36. The van der Waals surface area contributed by atoms with Crippen molar-refractivity contribution in [2.24, 2.45) is 5.10 Å². The van der Waals surface area contributed by atoms with E-state index in [1.54, 1.807) is 24.3 Å². The number of hydrogen-bond acceptors (Lipinski definition) is 3. The lowest BCUT2D eigenvalue weighted by Crippen LogP contribution is -2.23. The van der Waals surface area contributed by atoms with Crippen molar-refractivity contribution in [3.8, 4) is 5.75 Å². The molecule has 116 valence electrons. The lowest BCUT2D eigenvalue weighted by atomic mass is 10.2. The van der Waals surface area contributed by atoms with Gasteiger partial charge in [0.2, 0.25) is 0 Å². The van der Waals surface area contributed by atoms with E-state index >= 15 is 0 Å². The van der Waals surface area contributed by atoms with Gasteiger partial charge in [-0.15, -0.1) is 0 Å². The van der Waals surface area contributed by atoms with Crippen molar-refractivity contribution in [2.45, 2.75) is 13.5 Å². The summed E-state index contributed by atoms with van der Waals surface area (Å²) in [5, 5.41) is 14.3. The van der Waals surface area contributed by atoms with E-state index in [2.05, 4.69) is 16.6 Å². The maximum atomic E-state index is 12.1. The highest BCUT2D eigenvalue weighted by molar-refractivity contribution is 5.85. The minimum atomic E-state index is -0.190. The molecule has 2 aromatic carbocycles. The van der Waals surface area contributed by atoms with Crippen molar-refractivity contribution in [3.05, 3.63) is 65.9 Å². The van der Waals surface area contributed by atoms with Gasteiger partial charge in [-0.3, -0.25) is 4.79 Å². The number of para-hydroxylation sites is 1. The number of hydrazone groups is 1. The third-order valence-corrected chi connectivity index (χ3v) is 3.62. The fourth-order valence-electron chi connectivity index (χ4n) is 2.48. The summed E-state index contributed by atoms with van der Waals surface area (Å²) in [6.07, 6.45) is 1.54. The van der Waals surface area contributed by atoms with Crippen LogP contribution in [-0.2, 0) is 11.3 Å². The summed E-state index contributed by atoms with van der Waals surface area (Å²) < 4.78 is 1.96. The summed E-state index contributed by atoms with van der Waals surface area (Å²) in [5.74, 6) is 0.00521. The number of carbonyl (C=O) groups excluding carboxylic acids is 1. The van der Waals surface area contributed by atoms with Crippen LogP contribution in [0, 0.1) is 6.92 Å². The van der Waals surface area contributed by atoms with E-state index in [0.29, 0.717) is 0 Å². The van der Waals surface area contributed by atoms with Crippen LogP contribution in [0.25, 0.3) is 10.9 Å². The minimum Gasteiger partial charge on any atom is -0.508 e. The number of aryl methyl sites for hydroxylation is 1. The molecule has 0 aliphatic heterocycles. The Balaban J connectivity index is 1.67. The topological polar surface area (TPSA) is 66.6 Å². The summed E-state index contributed by atoms with van der Waals surface area (Å²) >= 11 is 0. The highest BCUT2D eigenvalue weighted by Crippen LogP contribution is 2.18. The van der Waals surface area contributed by atoms with E-state index in [1.165, 1.54) is 6.21 Å². The van der Waals surface area contributed by atoms with E-state index in [9.17, 15) is 9.90 Å². The minimum absolute atomic E-state index is 0.190. The van der Waals surface area contributed by atoms with Crippen molar-refractivity contribution in [3.63, 3.8) is 0 Å². The quantitative estimate of drug-likeness (QED) is 0.575. The third-order valence-electron chi connectivity index (χ3n) is 3.62. The summed E-state index contributed by atoms with van der Waals surface area (Å²) in [7, 11) is 0. The molecule has 1 heterocycles. The predicted molar refractivity (Wildman–Crippen MR) is 90.5 cm³/mol. The van der Waals surface area contributed by atoms with Crippen molar-refractivity contribution < 1.29 is 9.90 Å². The van der Waals surface area contributed by atoms with Gasteiger partial charge in [0.1, 0.15) is 12.3 Å². The molecule has 2 N–H and O–H groups in total. The van der Waals surface area contributed by atoms with Crippen molar-refractivity contribution in [2.75, 3.05) is 0 Å². The Labute approximate surface area is 133 Å². The van der Waals surface area contributed by atoms with Crippen LogP contribution in [0.15, 0.2) is 59.7 Å². The largest absolute Gasteiger partial charge is 0.508 e. The summed E-state index contributed by atoms with van der Waals surface area (Å²) in [4.78, 5) is 12.1. The summed E-state index contributed by atoms with van der Waals surface area (Å²) in [6, 6.07) is 16.6. The molecule has 0 aliphatic rings. The SMILES string of the molecule is Cc1cc2ccccc2n1CC(=O)N/N=C/c1ccc(O)cc1. The molecular formula is C18H17N3O2. The van der Waals surface area contributed by atoms with E-state index < -0.39 is 0 Å². The Bertz CT molecular complexity index is 864. The third kappa shape index (κ3) is 3.40. The van der Waals surface area contributed by atoms with Gasteiger partial charge in [0, 0.05) is 11.2 Å². The molecule has 0 atom stereocenters. The molecule has 0 saturated carbocycles. The number of benzene rings is 2.